The van der Waals surface area contributed by atoms with Gasteiger partial charge in [-0.1, -0.05) is 26.8 Å². The van der Waals surface area contributed by atoms with Crippen molar-refractivity contribution in [3.8, 4) is 0 Å². The van der Waals surface area contributed by atoms with Gasteiger partial charge in [-0.05, 0) is 48.1 Å². The number of hydrogen-bond acceptors (Lipinski definition) is 4. The summed E-state index contributed by atoms with van der Waals surface area (Å²) >= 11 is 0. The zero-order valence-corrected chi connectivity index (χ0v) is 19.3. The maximum Gasteiger partial charge on any atom is 0.275 e. The Hall–Kier alpha value is -2.68. The van der Waals surface area contributed by atoms with Crippen LogP contribution in [0.3, 0.4) is 0 Å². The van der Waals surface area contributed by atoms with E-state index in [1.807, 2.05) is 25.7 Å². The van der Waals surface area contributed by atoms with E-state index < -0.39 is 21.4 Å². The van der Waals surface area contributed by atoms with E-state index in [1.165, 1.54) is 18.2 Å². The molecule has 1 saturated heterocycles. The number of carbonyl (C=O) groups is 1. The van der Waals surface area contributed by atoms with Gasteiger partial charge in [-0.15, -0.1) is 0 Å². The molecule has 2 aliphatic rings. The summed E-state index contributed by atoms with van der Waals surface area (Å²) in [5, 5.41) is 0. The van der Waals surface area contributed by atoms with Gasteiger partial charge in [0.2, 0.25) is 5.91 Å². The molecule has 2 unspecified atom stereocenters. The number of amides is 1. The van der Waals surface area contributed by atoms with Crippen LogP contribution in [0.15, 0.2) is 46.1 Å². The molecule has 3 heterocycles. The van der Waals surface area contributed by atoms with Crippen molar-refractivity contribution in [3.63, 3.8) is 0 Å². The van der Waals surface area contributed by atoms with Crippen LogP contribution >= 0.6 is 0 Å². The highest BCUT2D eigenvalue weighted by Gasteiger charge is 2.37. The van der Waals surface area contributed by atoms with Gasteiger partial charge >= 0.3 is 0 Å². The number of sulfonamides is 1. The minimum absolute atomic E-state index is 0.0352. The fourth-order valence-corrected chi connectivity index (χ4v) is 5.72. The third-order valence-corrected chi connectivity index (χ3v) is 7.35. The number of fused-ring (bicyclic) bond motifs is 4. The van der Waals surface area contributed by atoms with E-state index >= 15 is 0 Å². The van der Waals surface area contributed by atoms with Gasteiger partial charge in [0.05, 0.1) is 4.90 Å². The first-order chi connectivity index (χ1) is 14.9. The molecule has 0 spiro atoms. The summed E-state index contributed by atoms with van der Waals surface area (Å²) in [6.45, 7) is 7.69. The monoisotopic (exact) mass is 461 g/mol. The van der Waals surface area contributed by atoms with Crippen molar-refractivity contribution >= 4 is 21.6 Å². The van der Waals surface area contributed by atoms with Crippen LogP contribution in [0, 0.1) is 17.2 Å². The lowest BCUT2D eigenvalue weighted by Crippen LogP contribution is -2.49. The van der Waals surface area contributed by atoms with Crippen molar-refractivity contribution in [3.05, 3.63) is 58.3 Å². The number of rotatable bonds is 4. The Kier molecular flexibility index (Phi) is 5.65. The molecule has 1 aromatic carbocycles. The highest BCUT2D eigenvalue weighted by atomic mass is 32.2. The maximum absolute atomic E-state index is 13.5. The molecule has 172 valence electrons. The summed E-state index contributed by atoms with van der Waals surface area (Å²) < 4.78 is 42.7. The molecular formula is C23H28FN3O4S. The lowest BCUT2D eigenvalue weighted by atomic mass is 9.82. The number of halogens is 1. The Morgan fingerprint density at radius 1 is 1.16 bits per heavy atom. The SMILES string of the molecule is CC(C)(C)CC(=O)N1CC2CC(C1)c1ccc(NS(=O)(=O)c3cccc(F)c3)c(=O)n1C2. The highest BCUT2D eigenvalue weighted by molar-refractivity contribution is 7.92. The van der Waals surface area contributed by atoms with Gasteiger partial charge in [-0.2, -0.15) is 0 Å². The number of anilines is 1. The van der Waals surface area contributed by atoms with Crippen molar-refractivity contribution in [2.45, 2.75) is 51.0 Å². The molecule has 2 aromatic rings. The summed E-state index contributed by atoms with van der Waals surface area (Å²) in [6, 6.07) is 7.85. The van der Waals surface area contributed by atoms with Crippen LogP contribution in [0.2, 0.25) is 0 Å². The minimum atomic E-state index is -4.10. The van der Waals surface area contributed by atoms with Gasteiger partial charge in [0.1, 0.15) is 11.5 Å². The smallest absolute Gasteiger partial charge is 0.275 e. The number of likely N-dealkylation sites (tertiary alicyclic amines) is 1. The second kappa shape index (κ2) is 8.03. The zero-order chi connectivity index (χ0) is 23.3. The van der Waals surface area contributed by atoms with E-state index in [4.69, 9.17) is 0 Å². The summed E-state index contributed by atoms with van der Waals surface area (Å²) in [7, 11) is -4.10. The second-order valence-electron chi connectivity index (χ2n) is 9.99. The third kappa shape index (κ3) is 4.57. The molecule has 0 radical (unpaired) electrons. The van der Waals surface area contributed by atoms with Crippen LogP contribution in [0.4, 0.5) is 10.1 Å². The van der Waals surface area contributed by atoms with Crippen LogP contribution in [0.5, 0.6) is 0 Å². The van der Waals surface area contributed by atoms with E-state index in [9.17, 15) is 22.4 Å². The standard InChI is InChI=1S/C23H28FN3O4S/c1-23(2,3)11-21(28)26-12-15-9-16(14-26)20-8-7-19(22(29)27(20)13-15)25-32(30,31)18-6-4-5-17(24)10-18/h4-8,10,15-16,25H,9,11-14H2,1-3H3. The van der Waals surface area contributed by atoms with E-state index in [2.05, 4.69) is 4.72 Å². The van der Waals surface area contributed by atoms with Gasteiger partial charge in [-0.3, -0.25) is 14.3 Å². The summed E-state index contributed by atoms with van der Waals surface area (Å²) in [6.07, 6.45) is 1.37. The Morgan fingerprint density at radius 2 is 1.91 bits per heavy atom. The van der Waals surface area contributed by atoms with E-state index in [-0.39, 0.29) is 33.7 Å². The second-order valence-corrected chi connectivity index (χ2v) is 11.7. The molecule has 2 bridgehead atoms. The molecule has 9 heteroatoms. The van der Waals surface area contributed by atoms with E-state index in [1.54, 1.807) is 10.6 Å². The fraction of sp³-hybridized carbons (Fsp3) is 0.478. The highest BCUT2D eigenvalue weighted by Crippen LogP contribution is 2.36. The number of carbonyl (C=O) groups excluding carboxylic acids is 1. The molecule has 0 aliphatic carbocycles. The van der Waals surface area contributed by atoms with E-state index in [0.717, 1.165) is 24.2 Å². The largest absolute Gasteiger partial charge is 0.342 e. The molecule has 4 rings (SSSR count). The lowest BCUT2D eigenvalue weighted by molar-refractivity contribution is -0.135. The molecule has 1 N–H and O–H groups in total. The Labute approximate surface area is 187 Å². The first-order valence-electron chi connectivity index (χ1n) is 10.7. The quantitative estimate of drug-likeness (QED) is 0.758. The van der Waals surface area contributed by atoms with Gasteiger partial charge < -0.3 is 9.47 Å². The number of nitrogens with zero attached hydrogens (tertiary/aromatic N) is 2. The first-order valence-corrected chi connectivity index (χ1v) is 12.2. The molecule has 1 fully saturated rings. The number of piperidine rings is 1. The summed E-state index contributed by atoms with van der Waals surface area (Å²) in [5.41, 5.74) is 0.227. The number of nitrogens with one attached hydrogen (secondary N) is 1. The zero-order valence-electron chi connectivity index (χ0n) is 18.5. The topological polar surface area (TPSA) is 88.5 Å². The minimum Gasteiger partial charge on any atom is -0.342 e. The van der Waals surface area contributed by atoms with Crippen molar-refractivity contribution in [2.24, 2.45) is 11.3 Å². The van der Waals surface area contributed by atoms with Crippen LogP contribution in [-0.2, 0) is 21.4 Å². The van der Waals surface area contributed by atoms with Crippen molar-refractivity contribution in [1.29, 1.82) is 0 Å². The van der Waals surface area contributed by atoms with Crippen LogP contribution < -0.4 is 10.3 Å². The maximum atomic E-state index is 13.5. The molecule has 2 atom stereocenters. The average Bonchev–Trinajstić information content (AvgIpc) is 2.69. The molecule has 32 heavy (non-hydrogen) atoms. The lowest BCUT2D eigenvalue weighted by Gasteiger charge is -2.43. The molecular weight excluding hydrogens is 433 g/mol. The Balaban J connectivity index is 1.59. The molecule has 2 aliphatic heterocycles. The van der Waals surface area contributed by atoms with Crippen LogP contribution in [-0.4, -0.2) is 36.9 Å². The number of aromatic nitrogens is 1. The molecule has 1 aromatic heterocycles. The van der Waals surface area contributed by atoms with Crippen molar-refractivity contribution in [2.75, 3.05) is 17.8 Å². The summed E-state index contributed by atoms with van der Waals surface area (Å²) in [4.78, 5) is 27.5. The third-order valence-electron chi connectivity index (χ3n) is 5.99. The number of pyridine rings is 1. The van der Waals surface area contributed by atoms with Crippen LogP contribution in [0.25, 0.3) is 0 Å². The Morgan fingerprint density at radius 3 is 2.59 bits per heavy atom. The molecule has 1 amide bonds. The predicted molar refractivity (Wildman–Crippen MR) is 119 cm³/mol. The van der Waals surface area contributed by atoms with Crippen molar-refractivity contribution < 1.29 is 17.6 Å². The molecule has 0 saturated carbocycles. The normalized spacial score (nSPS) is 20.6. The predicted octanol–water partition coefficient (Wildman–Crippen LogP) is 3.17. The van der Waals surface area contributed by atoms with Gasteiger partial charge in [0.15, 0.2) is 0 Å². The van der Waals surface area contributed by atoms with Crippen LogP contribution in [0.1, 0.15) is 45.2 Å². The Bertz CT molecular complexity index is 1220. The van der Waals surface area contributed by atoms with E-state index in [0.29, 0.717) is 26.1 Å². The average molecular weight is 462 g/mol. The van der Waals surface area contributed by atoms with Gasteiger partial charge in [-0.25, -0.2) is 12.8 Å². The number of hydrogen-bond donors (Lipinski definition) is 1. The summed E-state index contributed by atoms with van der Waals surface area (Å²) in [5.74, 6) is -0.373. The van der Waals surface area contributed by atoms with Gasteiger partial charge in [0, 0.05) is 37.7 Å². The van der Waals surface area contributed by atoms with Crippen molar-refractivity contribution in [1.82, 2.24) is 9.47 Å². The molecule has 7 nitrogen and oxygen atoms in total. The van der Waals surface area contributed by atoms with Gasteiger partial charge in [0.25, 0.3) is 15.6 Å². The first kappa shape index (κ1) is 22.5. The fourth-order valence-electron chi connectivity index (χ4n) is 4.63. The number of benzene rings is 1.